The molecular weight excluding hydrogens is 282 g/mol. The average molecular weight is 307 g/mol. The van der Waals surface area contributed by atoms with Crippen LogP contribution >= 0.6 is 11.8 Å². The van der Waals surface area contributed by atoms with Crippen molar-refractivity contribution < 1.29 is 19.5 Å². The molecule has 0 aromatic heterocycles. The summed E-state index contributed by atoms with van der Waals surface area (Å²) in [5, 5.41) is 16.7. The van der Waals surface area contributed by atoms with Gasteiger partial charge in [-0.2, -0.15) is 5.06 Å². The van der Waals surface area contributed by atoms with Crippen molar-refractivity contribution in [2.45, 2.75) is 46.1 Å². The minimum Gasteiger partial charge on any atom is -0.480 e. The van der Waals surface area contributed by atoms with Crippen LogP contribution < -0.4 is 5.73 Å². The first-order chi connectivity index (χ1) is 9.38. The van der Waals surface area contributed by atoms with Crippen LogP contribution in [0.4, 0.5) is 4.79 Å². The number of hydrogen-bond acceptors (Lipinski definition) is 6. The highest BCUT2D eigenvalue weighted by Crippen LogP contribution is 2.07. The Kier molecular flexibility index (Phi) is 13.4. The van der Waals surface area contributed by atoms with Gasteiger partial charge in [-0.15, -0.1) is 0 Å². The zero-order chi connectivity index (χ0) is 16.1. The molecule has 0 radical (unpaired) electrons. The summed E-state index contributed by atoms with van der Waals surface area (Å²) in [5.41, 5.74) is 5.35. The fourth-order valence-corrected chi connectivity index (χ4v) is 1.32. The maximum absolute atomic E-state index is 11.1. The summed E-state index contributed by atoms with van der Waals surface area (Å²) in [6.07, 6.45) is 3.13. The monoisotopic (exact) mass is 307 g/mol. The lowest BCUT2D eigenvalue weighted by molar-refractivity contribution is -0.138. The quantitative estimate of drug-likeness (QED) is 0.298. The third kappa shape index (κ3) is 10.6. The zero-order valence-electron chi connectivity index (χ0n) is 12.5. The predicted molar refractivity (Wildman–Crippen MR) is 80.9 cm³/mol. The first-order valence-electron chi connectivity index (χ1n) is 6.45. The van der Waals surface area contributed by atoms with Gasteiger partial charge in [0.05, 0.1) is 6.54 Å². The molecule has 0 saturated carbocycles. The summed E-state index contributed by atoms with van der Waals surface area (Å²) in [6.45, 7) is 5.87. The number of amidine groups is 1. The van der Waals surface area contributed by atoms with Crippen LogP contribution in [0.15, 0.2) is 0 Å². The van der Waals surface area contributed by atoms with Crippen molar-refractivity contribution in [1.82, 2.24) is 5.06 Å². The average Bonchev–Trinajstić information content (AvgIpc) is 2.43. The van der Waals surface area contributed by atoms with E-state index in [2.05, 4.69) is 0 Å². The first-order valence-corrected chi connectivity index (χ1v) is 7.68. The summed E-state index contributed by atoms with van der Waals surface area (Å²) in [4.78, 5) is 26.4. The number of aliphatic carboxylic acids is 1. The highest BCUT2D eigenvalue weighted by Gasteiger charge is 2.13. The third-order valence-electron chi connectivity index (χ3n) is 2.17. The molecule has 20 heavy (non-hydrogen) atoms. The number of hydroxylamine groups is 2. The number of hydrogen-bond donors (Lipinski definition) is 3. The van der Waals surface area contributed by atoms with Crippen molar-refractivity contribution in [3.63, 3.8) is 0 Å². The van der Waals surface area contributed by atoms with E-state index in [1.165, 1.54) is 12.0 Å². The fraction of sp³-hybridized carbons (Fsp3) is 0.750. The number of thioether (sulfide) groups is 1. The Balaban J connectivity index is 0. The minimum absolute atomic E-state index is 0.125. The lowest BCUT2D eigenvalue weighted by Gasteiger charge is -2.20. The van der Waals surface area contributed by atoms with Gasteiger partial charge in [-0.1, -0.05) is 13.8 Å². The van der Waals surface area contributed by atoms with Gasteiger partial charge >= 0.3 is 11.3 Å². The number of nitrogens with one attached hydrogen (secondary N) is 1. The maximum atomic E-state index is 11.1. The number of carbonyl (C=O) groups is 2. The van der Waals surface area contributed by atoms with Gasteiger partial charge in [0.2, 0.25) is 0 Å². The normalized spacial score (nSPS) is 10.8. The maximum Gasteiger partial charge on any atom is 0.391 e. The molecule has 0 spiro atoms. The van der Waals surface area contributed by atoms with Gasteiger partial charge in [-0.25, -0.2) is 4.79 Å². The summed E-state index contributed by atoms with van der Waals surface area (Å²) in [5.74, 6) is -0.899. The van der Waals surface area contributed by atoms with Gasteiger partial charge < -0.3 is 15.7 Å². The topological polar surface area (TPSA) is 117 Å². The lowest BCUT2D eigenvalue weighted by atomic mass is 10.1. The largest absolute Gasteiger partial charge is 0.480 e. The minimum atomic E-state index is -1.02. The standard InChI is InChI=1S/C10H19N3O4S.C2H6/c1-7(11)13(17-10(16)18-2)6-4-3-5-8(12)9(14)15;1-2/h8,11H,3-6,12H2,1-2H3,(H,14,15);1-2H3/t8-;/m0./s1. The van der Waals surface area contributed by atoms with Crippen LogP contribution in [-0.4, -0.2) is 46.1 Å². The molecule has 0 saturated heterocycles. The summed E-state index contributed by atoms with van der Waals surface area (Å²) in [6, 6.07) is -0.867. The number of unbranched alkanes of at least 4 members (excludes halogenated alkanes) is 1. The molecule has 0 aliphatic heterocycles. The molecule has 0 bridgehead atoms. The van der Waals surface area contributed by atoms with Crippen LogP contribution in [0.2, 0.25) is 0 Å². The molecular formula is C12H25N3O4S. The van der Waals surface area contributed by atoms with Crippen LogP contribution in [-0.2, 0) is 9.63 Å². The Labute approximate surface area is 124 Å². The lowest BCUT2D eigenvalue weighted by Crippen LogP contribution is -2.32. The molecule has 118 valence electrons. The second-order valence-electron chi connectivity index (χ2n) is 3.67. The predicted octanol–water partition coefficient (Wildman–Crippen LogP) is 2.31. The zero-order valence-corrected chi connectivity index (χ0v) is 13.3. The van der Waals surface area contributed by atoms with Gasteiger partial charge in [-0.3, -0.25) is 10.2 Å². The van der Waals surface area contributed by atoms with Crippen LogP contribution in [0.3, 0.4) is 0 Å². The second kappa shape index (κ2) is 12.7. The van der Waals surface area contributed by atoms with E-state index in [0.29, 0.717) is 25.8 Å². The van der Waals surface area contributed by atoms with Crippen molar-refractivity contribution in [2.24, 2.45) is 5.73 Å². The smallest absolute Gasteiger partial charge is 0.391 e. The third-order valence-corrected chi connectivity index (χ3v) is 2.58. The van der Waals surface area contributed by atoms with Gasteiger partial charge in [0.1, 0.15) is 11.9 Å². The molecule has 0 aromatic rings. The molecule has 0 rings (SSSR count). The molecule has 0 heterocycles. The van der Waals surface area contributed by atoms with Crippen molar-refractivity contribution >= 4 is 28.9 Å². The van der Waals surface area contributed by atoms with E-state index in [0.717, 1.165) is 11.8 Å². The van der Waals surface area contributed by atoms with Crippen LogP contribution in [0, 0.1) is 5.41 Å². The molecule has 0 fully saturated rings. The SMILES string of the molecule is CC.CSC(=O)ON(CCCC[C@H](N)C(=O)O)C(C)=N. The Hall–Kier alpha value is -1.28. The first kappa shape index (κ1) is 21.0. The Bertz CT molecular complexity index is 313. The number of nitrogens with two attached hydrogens (primary N) is 1. The van der Waals surface area contributed by atoms with E-state index in [9.17, 15) is 9.59 Å². The van der Waals surface area contributed by atoms with Crippen LogP contribution in [0.1, 0.15) is 40.0 Å². The summed E-state index contributed by atoms with van der Waals surface area (Å²) >= 11 is 0.921. The summed E-state index contributed by atoms with van der Waals surface area (Å²) < 4.78 is 0. The highest BCUT2D eigenvalue weighted by molar-refractivity contribution is 8.12. The molecule has 0 aliphatic rings. The molecule has 0 unspecified atom stereocenters. The Morgan fingerprint density at radius 1 is 1.40 bits per heavy atom. The Morgan fingerprint density at radius 2 is 1.95 bits per heavy atom. The number of rotatable bonds is 6. The molecule has 4 N–H and O–H groups in total. The molecule has 0 aliphatic carbocycles. The number of carbonyl (C=O) groups excluding carboxylic acids is 1. The van der Waals surface area contributed by atoms with E-state index in [4.69, 9.17) is 21.1 Å². The van der Waals surface area contributed by atoms with Crippen molar-refractivity contribution in [3.8, 4) is 0 Å². The fourth-order valence-electron chi connectivity index (χ4n) is 1.15. The van der Waals surface area contributed by atoms with E-state index < -0.39 is 17.3 Å². The van der Waals surface area contributed by atoms with Crippen LogP contribution in [0.5, 0.6) is 0 Å². The van der Waals surface area contributed by atoms with Crippen molar-refractivity contribution in [3.05, 3.63) is 0 Å². The van der Waals surface area contributed by atoms with E-state index in [1.807, 2.05) is 13.8 Å². The van der Waals surface area contributed by atoms with E-state index in [-0.39, 0.29) is 5.84 Å². The Morgan fingerprint density at radius 3 is 2.35 bits per heavy atom. The van der Waals surface area contributed by atoms with E-state index >= 15 is 0 Å². The number of carboxylic acids is 1. The highest BCUT2D eigenvalue weighted by atomic mass is 32.2. The number of carboxylic acid groups (broad SMARTS) is 1. The van der Waals surface area contributed by atoms with Crippen molar-refractivity contribution in [2.75, 3.05) is 12.8 Å². The molecule has 0 aromatic carbocycles. The number of nitrogens with zero attached hydrogens (tertiary/aromatic N) is 1. The van der Waals surface area contributed by atoms with Gasteiger partial charge in [-0.05, 0) is 44.2 Å². The molecule has 8 heteroatoms. The molecule has 7 nitrogen and oxygen atoms in total. The van der Waals surface area contributed by atoms with Gasteiger partial charge in [0.15, 0.2) is 0 Å². The molecule has 1 atom stereocenters. The summed E-state index contributed by atoms with van der Waals surface area (Å²) in [7, 11) is 0. The van der Waals surface area contributed by atoms with Crippen molar-refractivity contribution in [1.29, 1.82) is 5.41 Å². The molecule has 0 amide bonds. The van der Waals surface area contributed by atoms with Gasteiger partial charge in [0.25, 0.3) is 0 Å². The van der Waals surface area contributed by atoms with Crippen LogP contribution in [0.25, 0.3) is 0 Å². The second-order valence-corrected chi connectivity index (χ2v) is 4.42. The van der Waals surface area contributed by atoms with Gasteiger partial charge in [0, 0.05) is 0 Å². The van der Waals surface area contributed by atoms with E-state index in [1.54, 1.807) is 6.26 Å².